The van der Waals surface area contributed by atoms with Crippen molar-refractivity contribution >= 4 is 17.5 Å². The number of hydrogen-bond donors (Lipinski definition) is 1. The predicted octanol–water partition coefficient (Wildman–Crippen LogP) is 2.72. The Hall–Kier alpha value is -3.61. The van der Waals surface area contributed by atoms with Crippen molar-refractivity contribution in [1.82, 2.24) is 10.2 Å². The molecular formula is C22H20F4N4O2. The number of alkyl halides is 3. The molecule has 1 aliphatic rings. The fraction of sp³-hybridized carbons (Fsp3) is 0.318. The van der Waals surface area contributed by atoms with Crippen LogP contribution in [0.2, 0.25) is 0 Å². The summed E-state index contributed by atoms with van der Waals surface area (Å²) >= 11 is 0. The molecule has 0 aromatic heterocycles. The van der Waals surface area contributed by atoms with Crippen LogP contribution in [0.3, 0.4) is 0 Å². The molecule has 1 unspecified atom stereocenters. The Morgan fingerprint density at radius 3 is 2.53 bits per heavy atom. The maximum Gasteiger partial charge on any atom is 0.417 e. The van der Waals surface area contributed by atoms with Crippen LogP contribution in [0.1, 0.15) is 16.7 Å². The van der Waals surface area contributed by atoms with Crippen molar-refractivity contribution in [3.63, 3.8) is 0 Å². The Balaban J connectivity index is 1.85. The van der Waals surface area contributed by atoms with Gasteiger partial charge in [0.15, 0.2) is 0 Å². The number of rotatable bonds is 4. The van der Waals surface area contributed by atoms with Gasteiger partial charge in [0.2, 0.25) is 11.8 Å². The molecule has 1 atom stereocenters. The third kappa shape index (κ3) is 4.82. The minimum absolute atomic E-state index is 0.0497. The molecule has 1 N–H and O–H groups in total. The second-order valence-corrected chi connectivity index (χ2v) is 7.27. The number of nitriles is 1. The fourth-order valence-corrected chi connectivity index (χ4v) is 3.67. The second kappa shape index (κ2) is 9.26. The van der Waals surface area contributed by atoms with Gasteiger partial charge in [-0.2, -0.15) is 18.4 Å². The molecule has 1 heterocycles. The zero-order valence-corrected chi connectivity index (χ0v) is 17.1. The zero-order valence-electron chi connectivity index (χ0n) is 17.1. The van der Waals surface area contributed by atoms with Gasteiger partial charge in [0.25, 0.3) is 0 Å². The summed E-state index contributed by atoms with van der Waals surface area (Å²) in [5.74, 6) is -1.48. The molecule has 1 aliphatic heterocycles. The van der Waals surface area contributed by atoms with Crippen molar-refractivity contribution in [3.05, 3.63) is 65.0 Å². The molecule has 10 heteroatoms. The number of nitrogens with one attached hydrogen (secondary N) is 1. The van der Waals surface area contributed by atoms with E-state index in [1.165, 1.54) is 42.3 Å². The molecule has 3 rings (SSSR count). The lowest BCUT2D eigenvalue weighted by Crippen LogP contribution is -2.60. The maximum absolute atomic E-state index is 13.9. The standard InChI is InChI=1S/C22H20F4N4O2/c1-28-21(32)19-13-29(16-7-6-15(12-27)17(11-16)22(24,25)26)8-9-30(19)20(31)10-14-4-2-3-5-18(14)23/h2-7,11,19H,8-10,13H2,1H3,(H,28,32). The SMILES string of the molecule is CNC(=O)C1CN(c2ccc(C#N)c(C(F)(F)F)c2)CCN1C(=O)Cc1ccccc1F. The first-order valence-corrected chi connectivity index (χ1v) is 9.76. The average Bonchev–Trinajstić information content (AvgIpc) is 2.78. The Morgan fingerprint density at radius 2 is 1.91 bits per heavy atom. The zero-order chi connectivity index (χ0) is 23.5. The highest BCUT2D eigenvalue weighted by molar-refractivity contribution is 5.89. The summed E-state index contributed by atoms with van der Waals surface area (Å²) in [6, 6.07) is 9.71. The highest BCUT2D eigenvalue weighted by Crippen LogP contribution is 2.35. The Labute approximate surface area is 182 Å². The second-order valence-electron chi connectivity index (χ2n) is 7.27. The van der Waals surface area contributed by atoms with Gasteiger partial charge in [-0.1, -0.05) is 18.2 Å². The lowest BCUT2D eigenvalue weighted by Gasteiger charge is -2.41. The largest absolute Gasteiger partial charge is 0.417 e. The fourth-order valence-electron chi connectivity index (χ4n) is 3.67. The van der Waals surface area contributed by atoms with Crippen molar-refractivity contribution in [2.75, 3.05) is 31.6 Å². The molecule has 32 heavy (non-hydrogen) atoms. The van der Waals surface area contributed by atoms with Crippen LogP contribution in [0.25, 0.3) is 0 Å². The molecule has 0 spiro atoms. The molecule has 0 aliphatic carbocycles. The number of halogens is 4. The molecule has 1 saturated heterocycles. The van der Waals surface area contributed by atoms with Crippen molar-refractivity contribution in [1.29, 1.82) is 5.26 Å². The minimum Gasteiger partial charge on any atom is -0.367 e. The molecule has 0 saturated carbocycles. The monoisotopic (exact) mass is 448 g/mol. The number of carbonyl (C=O) groups excluding carboxylic acids is 2. The summed E-state index contributed by atoms with van der Waals surface area (Å²) in [6.45, 7) is 0.179. The van der Waals surface area contributed by atoms with E-state index >= 15 is 0 Å². The molecule has 168 valence electrons. The van der Waals surface area contributed by atoms with E-state index in [4.69, 9.17) is 5.26 Å². The Kier molecular flexibility index (Phi) is 6.67. The van der Waals surface area contributed by atoms with E-state index in [9.17, 15) is 27.2 Å². The van der Waals surface area contributed by atoms with Gasteiger partial charge in [-0.15, -0.1) is 0 Å². The molecule has 2 amide bonds. The van der Waals surface area contributed by atoms with Gasteiger partial charge in [0, 0.05) is 32.4 Å². The van der Waals surface area contributed by atoms with Crippen LogP contribution < -0.4 is 10.2 Å². The van der Waals surface area contributed by atoms with Gasteiger partial charge in [-0.3, -0.25) is 9.59 Å². The van der Waals surface area contributed by atoms with E-state index in [2.05, 4.69) is 5.32 Å². The molecule has 2 aromatic carbocycles. The van der Waals surface area contributed by atoms with E-state index in [-0.39, 0.29) is 37.3 Å². The predicted molar refractivity (Wildman–Crippen MR) is 108 cm³/mol. The van der Waals surface area contributed by atoms with E-state index in [0.29, 0.717) is 0 Å². The summed E-state index contributed by atoms with van der Waals surface area (Å²) < 4.78 is 53.9. The van der Waals surface area contributed by atoms with E-state index in [1.807, 2.05) is 0 Å². The summed E-state index contributed by atoms with van der Waals surface area (Å²) in [5.41, 5.74) is -1.18. The number of benzene rings is 2. The Bertz CT molecular complexity index is 1060. The normalized spacial score (nSPS) is 16.4. The number of anilines is 1. The van der Waals surface area contributed by atoms with Gasteiger partial charge in [-0.25, -0.2) is 4.39 Å². The lowest BCUT2D eigenvalue weighted by atomic mass is 10.0. The number of nitrogens with zero attached hydrogens (tertiary/aromatic N) is 3. The highest BCUT2D eigenvalue weighted by atomic mass is 19.4. The van der Waals surface area contributed by atoms with Crippen LogP contribution >= 0.6 is 0 Å². The topological polar surface area (TPSA) is 76.4 Å². The molecule has 0 bridgehead atoms. The van der Waals surface area contributed by atoms with Crippen LogP contribution in [0, 0.1) is 17.1 Å². The smallest absolute Gasteiger partial charge is 0.367 e. The quantitative estimate of drug-likeness (QED) is 0.730. The van der Waals surface area contributed by atoms with Crippen molar-refractivity contribution in [2.24, 2.45) is 0 Å². The van der Waals surface area contributed by atoms with Gasteiger partial charge in [-0.05, 0) is 29.8 Å². The van der Waals surface area contributed by atoms with Crippen molar-refractivity contribution in [3.8, 4) is 6.07 Å². The average molecular weight is 448 g/mol. The molecular weight excluding hydrogens is 428 g/mol. The number of amides is 2. The summed E-state index contributed by atoms with van der Waals surface area (Å²) in [4.78, 5) is 28.2. The van der Waals surface area contributed by atoms with Crippen LogP contribution in [-0.2, 0) is 22.2 Å². The first-order valence-electron chi connectivity index (χ1n) is 9.76. The Morgan fingerprint density at radius 1 is 1.19 bits per heavy atom. The van der Waals surface area contributed by atoms with Gasteiger partial charge in [0.1, 0.15) is 11.9 Å². The van der Waals surface area contributed by atoms with Crippen molar-refractivity contribution < 1.29 is 27.2 Å². The highest BCUT2D eigenvalue weighted by Gasteiger charge is 2.37. The summed E-state index contributed by atoms with van der Waals surface area (Å²) in [7, 11) is 1.39. The van der Waals surface area contributed by atoms with Gasteiger partial charge < -0.3 is 15.1 Å². The van der Waals surface area contributed by atoms with Gasteiger partial charge in [0.05, 0.1) is 23.6 Å². The third-order valence-electron chi connectivity index (χ3n) is 5.34. The number of hydrogen-bond acceptors (Lipinski definition) is 4. The molecule has 2 aromatic rings. The van der Waals surface area contributed by atoms with Gasteiger partial charge >= 0.3 is 6.18 Å². The third-order valence-corrected chi connectivity index (χ3v) is 5.34. The maximum atomic E-state index is 13.9. The van der Waals surface area contributed by atoms with Crippen LogP contribution in [0.4, 0.5) is 23.2 Å². The minimum atomic E-state index is -4.71. The number of carbonyl (C=O) groups is 2. The van der Waals surface area contributed by atoms with Crippen LogP contribution in [-0.4, -0.2) is 49.4 Å². The molecule has 0 radical (unpaired) electrons. The molecule has 1 fully saturated rings. The first kappa shape index (κ1) is 23.1. The van der Waals surface area contributed by atoms with E-state index < -0.39 is 41.0 Å². The van der Waals surface area contributed by atoms with Crippen LogP contribution in [0.15, 0.2) is 42.5 Å². The van der Waals surface area contributed by atoms with Crippen molar-refractivity contribution in [2.45, 2.75) is 18.6 Å². The molecule has 6 nitrogen and oxygen atoms in total. The van der Waals surface area contributed by atoms with Crippen LogP contribution in [0.5, 0.6) is 0 Å². The van der Waals surface area contributed by atoms with E-state index in [0.717, 1.165) is 12.1 Å². The first-order chi connectivity index (χ1) is 15.2. The lowest BCUT2D eigenvalue weighted by molar-refractivity contribution is -0.140. The number of likely N-dealkylation sites (N-methyl/N-ethyl adjacent to an activating group) is 1. The summed E-state index contributed by atoms with van der Waals surface area (Å²) in [5, 5.41) is 11.4. The van der Waals surface area contributed by atoms with E-state index in [1.54, 1.807) is 11.0 Å². The number of piperazine rings is 1. The summed E-state index contributed by atoms with van der Waals surface area (Å²) in [6.07, 6.45) is -4.95.